The summed E-state index contributed by atoms with van der Waals surface area (Å²) in [5, 5.41) is 2.94. The first-order valence-corrected chi connectivity index (χ1v) is 7.23. The minimum atomic E-state index is 0.170. The van der Waals surface area contributed by atoms with Gasteiger partial charge in [0.15, 0.2) is 0 Å². The second kappa shape index (κ2) is 5.72. The lowest BCUT2D eigenvalue weighted by Crippen LogP contribution is -2.10. The summed E-state index contributed by atoms with van der Waals surface area (Å²) in [6.07, 6.45) is 0. The van der Waals surface area contributed by atoms with Gasteiger partial charge in [0.2, 0.25) is 0 Å². The Labute approximate surface area is 118 Å². The summed E-state index contributed by atoms with van der Waals surface area (Å²) in [4.78, 5) is 4.37. The van der Waals surface area contributed by atoms with Gasteiger partial charge < -0.3 is 10.5 Å². The largest absolute Gasteiger partial charge is 0.487 e. The highest BCUT2D eigenvalue weighted by Crippen LogP contribution is 2.24. The summed E-state index contributed by atoms with van der Waals surface area (Å²) in [5.41, 5.74) is 7.95. The molecule has 1 aromatic heterocycles. The van der Waals surface area contributed by atoms with Crippen LogP contribution in [-0.4, -0.2) is 4.98 Å². The molecule has 3 nitrogen and oxygen atoms in total. The Kier molecular flexibility index (Phi) is 4.22. The lowest BCUT2D eigenvalue weighted by molar-refractivity contribution is 0.301. The van der Waals surface area contributed by atoms with Crippen molar-refractivity contribution in [1.82, 2.24) is 4.98 Å². The average molecular weight is 276 g/mol. The summed E-state index contributed by atoms with van der Waals surface area (Å²) in [6.45, 7) is 7.59. The van der Waals surface area contributed by atoms with Crippen molar-refractivity contribution in [1.29, 1.82) is 0 Å². The standard InChI is InChI=1S/C15H20N2OS/c1-15(2,3)11-4-6-13(7-5-11)18-9-12-10-19-14(8-16)17-12/h4-7,10H,8-9,16H2,1-3H3. The number of thiazole rings is 1. The first-order valence-electron chi connectivity index (χ1n) is 6.36. The minimum absolute atomic E-state index is 0.170. The van der Waals surface area contributed by atoms with Gasteiger partial charge in [0, 0.05) is 11.9 Å². The van der Waals surface area contributed by atoms with E-state index in [9.17, 15) is 0 Å². The highest BCUT2D eigenvalue weighted by molar-refractivity contribution is 7.09. The molecule has 2 rings (SSSR count). The predicted octanol–water partition coefficient (Wildman–Crippen LogP) is 3.48. The number of nitrogens with two attached hydrogens (primary N) is 1. The van der Waals surface area contributed by atoms with E-state index in [1.54, 1.807) is 11.3 Å². The van der Waals surface area contributed by atoms with Crippen molar-refractivity contribution in [2.75, 3.05) is 0 Å². The number of ether oxygens (including phenoxy) is 1. The van der Waals surface area contributed by atoms with E-state index in [0.29, 0.717) is 13.2 Å². The van der Waals surface area contributed by atoms with Gasteiger partial charge in [-0.15, -0.1) is 11.3 Å². The van der Waals surface area contributed by atoms with Crippen LogP contribution in [0.3, 0.4) is 0 Å². The SMILES string of the molecule is CC(C)(C)c1ccc(OCc2csc(CN)n2)cc1. The molecule has 0 aliphatic heterocycles. The summed E-state index contributed by atoms with van der Waals surface area (Å²) in [7, 11) is 0. The van der Waals surface area contributed by atoms with E-state index in [2.05, 4.69) is 37.9 Å². The van der Waals surface area contributed by atoms with Crippen molar-refractivity contribution < 1.29 is 4.74 Å². The first kappa shape index (κ1) is 14.0. The fourth-order valence-corrected chi connectivity index (χ4v) is 2.38. The van der Waals surface area contributed by atoms with Crippen LogP contribution in [0.4, 0.5) is 0 Å². The summed E-state index contributed by atoms with van der Waals surface area (Å²) in [6, 6.07) is 8.25. The molecule has 0 aliphatic rings. The van der Waals surface area contributed by atoms with Gasteiger partial charge in [-0.2, -0.15) is 0 Å². The number of rotatable bonds is 4. The highest BCUT2D eigenvalue weighted by atomic mass is 32.1. The molecule has 0 saturated heterocycles. The van der Waals surface area contributed by atoms with Gasteiger partial charge in [0.05, 0.1) is 5.69 Å². The van der Waals surface area contributed by atoms with E-state index >= 15 is 0 Å². The van der Waals surface area contributed by atoms with E-state index in [4.69, 9.17) is 10.5 Å². The molecular formula is C15H20N2OS. The van der Waals surface area contributed by atoms with Crippen molar-refractivity contribution in [3.8, 4) is 5.75 Å². The molecule has 2 aromatic rings. The number of nitrogens with zero attached hydrogens (tertiary/aromatic N) is 1. The lowest BCUT2D eigenvalue weighted by Gasteiger charge is -2.19. The minimum Gasteiger partial charge on any atom is -0.487 e. The highest BCUT2D eigenvalue weighted by Gasteiger charge is 2.13. The molecule has 0 amide bonds. The topological polar surface area (TPSA) is 48.1 Å². The van der Waals surface area contributed by atoms with Crippen LogP contribution in [0.25, 0.3) is 0 Å². The molecule has 2 N–H and O–H groups in total. The third-order valence-electron chi connectivity index (χ3n) is 2.88. The maximum atomic E-state index is 5.72. The zero-order valence-electron chi connectivity index (χ0n) is 11.6. The Morgan fingerprint density at radius 1 is 1.21 bits per heavy atom. The summed E-state index contributed by atoms with van der Waals surface area (Å²) >= 11 is 1.57. The van der Waals surface area contributed by atoms with Crippen molar-refractivity contribution in [2.24, 2.45) is 5.73 Å². The number of aromatic nitrogens is 1. The molecule has 0 atom stereocenters. The number of hydrogen-bond acceptors (Lipinski definition) is 4. The van der Waals surface area contributed by atoms with Crippen LogP contribution in [0, 0.1) is 0 Å². The fourth-order valence-electron chi connectivity index (χ4n) is 1.72. The molecule has 0 fully saturated rings. The molecule has 0 radical (unpaired) electrons. The molecular weight excluding hydrogens is 256 g/mol. The van der Waals surface area contributed by atoms with Crippen molar-refractivity contribution in [2.45, 2.75) is 39.3 Å². The second-order valence-electron chi connectivity index (χ2n) is 5.50. The van der Waals surface area contributed by atoms with Gasteiger partial charge >= 0.3 is 0 Å². The van der Waals surface area contributed by atoms with E-state index in [1.807, 2.05) is 17.5 Å². The Bertz CT molecular complexity index is 526. The van der Waals surface area contributed by atoms with Crippen LogP contribution >= 0.6 is 11.3 Å². The molecule has 19 heavy (non-hydrogen) atoms. The molecule has 1 aromatic carbocycles. The van der Waals surface area contributed by atoms with Crippen LogP contribution in [0.15, 0.2) is 29.6 Å². The van der Waals surface area contributed by atoms with Crippen LogP contribution in [-0.2, 0) is 18.6 Å². The first-order chi connectivity index (χ1) is 8.99. The quantitative estimate of drug-likeness (QED) is 0.930. The third-order valence-corrected chi connectivity index (χ3v) is 3.80. The Morgan fingerprint density at radius 3 is 2.42 bits per heavy atom. The molecule has 0 saturated carbocycles. The molecule has 0 bridgehead atoms. The number of benzene rings is 1. The predicted molar refractivity (Wildman–Crippen MR) is 79.5 cm³/mol. The second-order valence-corrected chi connectivity index (χ2v) is 6.44. The normalized spacial score (nSPS) is 11.6. The molecule has 0 aliphatic carbocycles. The van der Waals surface area contributed by atoms with Gasteiger partial charge in [-0.25, -0.2) is 4.98 Å². The molecule has 1 heterocycles. The van der Waals surface area contributed by atoms with Gasteiger partial charge in [-0.1, -0.05) is 32.9 Å². The number of hydrogen-bond donors (Lipinski definition) is 1. The molecule has 0 unspecified atom stereocenters. The van der Waals surface area contributed by atoms with Gasteiger partial charge in [-0.3, -0.25) is 0 Å². The lowest BCUT2D eigenvalue weighted by atomic mass is 9.87. The Hall–Kier alpha value is -1.39. The van der Waals surface area contributed by atoms with Gasteiger partial charge in [-0.05, 0) is 23.1 Å². The fraction of sp³-hybridized carbons (Fsp3) is 0.400. The Balaban J connectivity index is 1.96. The zero-order chi connectivity index (χ0) is 13.9. The van der Waals surface area contributed by atoms with E-state index < -0.39 is 0 Å². The smallest absolute Gasteiger partial charge is 0.131 e. The average Bonchev–Trinajstić information content (AvgIpc) is 2.84. The monoisotopic (exact) mass is 276 g/mol. The van der Waals surface area contributed by atoms with Gasteiger partial charge in [0.1, 0.15) is 17.4 Å². The molecule has 102 valence electrons. The van der Waals surface area contributed by atoms with Crippen LogP contribution in [0.2, 0.25) is 0 Å². The maximum Gasteiger partial charge on any atom is 0.131 e. The van der Waals surface area contributed by atoms with E-state index in [-0.39, 0.29) is 5.41 Å². The third kappa shape index (κ3) is 3.78. The molecule has 4 heteroatoms. The summed E-state index contributed by atoms with van der Waals surface area (Å²) in [5.74, 6) is 0.871. The van der Waals surface area contributed by atoms with Crippen molar-refractivity contribution in [3.63, 3.8) is 0 Å². The zero-order valence-corrected chi connectivity index (χ0v) is 12.5. The van der Waals surface area contributed by atoms with Crippen LogP contribution in [0.5, 0.6) is 5.75 Å². The maximum absolute atomic E-state index is 5.72. The van der Waals surface area contributed by atoms with E-state index in [1.165, 1.54) is 5.56 Å². The van der Waals surface area contributed by atoms with Crippen LogP contribution < -0.4 is 10.5 Å². The van der Waals surface area contributed by atoms with Gasteiger partial charge in [0.25, 0.3) is 0 Å². The van der Waals surface area contributed by atoms with E-state index in [0.717, 1.165) is 16.5 Å². The van der Waals surface area contributed by atoms with Crippen molar-refractivity contribution >= 4 is 11.3 Å². The molecule has 0 spiro atoms. The van der Waals surface area contributed by atoms with Crippen LogP contribution in [0.1, 0.15) is 37.0 Å². The van der Waals surface area contributed by atoms with Crippen molar-refractivity contribution in [3.05, 3.63) is 45.9 Å². The summed E-state index contributed by atoms with van der Waals surface area (Å²) < 4.78 is 5.72. The Morgan fingerprint density at radius 2 is 1.89 bits per heavy atom.